The molecule has 124 valence electrons. The Kier molecular flexibility index (Phi) is 5.24. The molecular weight excluding hydrogens is 303 g/mol. The number of nitrogens with two attached hydrogens (primary N) is 1. The number of anilines is 1. The Hall–Kier alpha value is -1.81. The van der Waals surface area contributed by atoms with Crippen LogP contribution in [-0.2, 0) is 11.3 Å². The minimum Gasteiger partial charge on any atom is -0.396 e. The number of carbonyl (C=O) groups excluding carboxylic acids is 1. The van der Waals surface area contributed by atoms with Crippen molar-refractivity contribution in [3.8, 4) is 0 Å². The molecule has 1 aliphatic heterocycles. The van der Waals surface area contributed by atoms with Crippen molar-refractivity contribution < 1.29 is 22.7 Å². The zero-order valence-corrected chi connectivity index (χ0v) is 11.9. The highest BCUT2D eigenvalue weighted by Crippen LogP contribution is 2.19. The summed E-state index contributed by atoms with van der Waals surface area (Å²) >= 11 is 0. The van der Waals surface area contributed by atoms with Crippen LogP contribution in [0.1, 0.15) is 10.5 Å². The molecule has 0 radical (unpaired) electrons. The number of aromatic nitrogens is 2. The summed E-state index contributed by atoms with van der Waals surface area (Å²) in [6.07, 6.45) is -3.41. The summed E-state index contributed by atoms with van der Waals surface area (Å²) in [7, 11) is 0. The lowest BCUT2D eigenvalue weighted by atomic mass is 10.3. The van der Waals surface area contributed by atoms with Crippen molar-refractivity contribution in [1.29, 1.82) is 0 Å². The summed E-state index contributed by atoms with van der Waals surface area (Å²) in [6.45, 7) is 2.61. The van der Waals surface area contributed by atoms with Gasteiger partial charge in [-0.05, 0) is 0 Å². The van der Waals surface area contributed by atoms with E-state index in [-0.39, 0.29) is 11.4 Å². The molecule has 0 unspecified atom stereocenters. The van der Waals surface area contributed by atoms with Gasteiger partial charge in [0.05, 0.1) is 18.9 Å². The third kappa shape index (κ3) is 4.88. The molecule has 0 saturated carbocycles. The van der Waals surface area contributed by atoms with E-state index < -0.39 is 18.6 Å². The third-order valence-corrected chi connectivity index (χ3v) is 3.16. The van der Waals surface area contributed by atoms with Gasteiger partial charge in [0.1, 0.15) is 6.54 Å². The van der Waals surface area contributed by atoms with Crippen LogP contribution in [0.25, 0.3) is 0 Å². The summed E-state index contributed by atoms with van der Waals surface area (Å²) < 4.78 is 42.6. The number of amides is 1. The van der Waals surface area contributed by atoms with Crippen molar-refractivity contribution in [2.75, 3.05) is 45.1 Å². The first-order valence-electron chi connectivity index (χ1n) is 6.83. The molecule has 1 aromatic rings. The summed E-state index contributed by atoms with van der Waals surface area (Å²) in [5.74, 6) is -0.577. The number of ether oxygens (including phenoxy) is 1. The first-order valence-corrected chi connectivity index (χ1v) is 6.83. The van der Waals surface area contributed by atoms with Gasteiger partial charge in [0.2, 0.25) is 0 Å². The van der Waals surface area contributed by atoms with Gasteiger partial charge in [-0.3, -0.25) is 14.4 Å². The van der Waals surface area contributed by atoms with Crippen LogP contribution in [0.4, 0.5) is 18.9 Å². The quantitative estimate of drug-likeness (QED) is 0.803. The van der Waals surface area contributed by atoms with Crippen molar-refractivity contribution in [2.45, 2.75) is 12.7 Å². The number of nitrogen functional groups attached to an aromatic ring is 1. The Balaban J connectivity index is 1.84. The van der Waals surface area contributed by atoms with Gasteiger partial charge in [-0.2, -0.15) is 18.3 Å². The highest BCUT2D eigenvalue weighted by molar-refractivity contribution is 5.96. The number of rotatable bonds is 5. The molecule has 0 aromatic carbocycles. The summed E-state index contributed by atoms with van der Waals surface area (Å²) in [5, 5.41) is 6.19. The number of carbonyl (C=O) groups is 1. The summed E-state index contributed by atoms with van der Waals surface area (Å²) in [5.41, 5.74) is 5.27. The van der Waals surface area contributed by atoms with E-state index in [0.29, 0.717) is 31.0 Å². The number of alkyl halides is 3. The molecule has 0 atom stereocenters. The maximum absolute atomic E-state index is 12.3. The van der Waals surface area contributed by atoms with Gasteiger partial charge >= 0.3 is 6.18 Å². The van der Waals surface area contributed by atoms with Gasteiger partial charge in [-0.1, -0.05) is 0 Å². The third-order valence-electron chi connectivity index (χ3n) is 3.16. The highest BCUT2D eigenvalue weighted by Gasteiger charge is 2.29. The van der Waals surface area contributed by atoms with Crippen LogP contribution in [0.3, 0.4) is 0 Å². The smallest absolute Gasteiger partial charge is 0.396 e. The van der Waals surface area contributed by atoms with Crippen molar-refractivity contribution in [3.05, 3.63) is 11.9 Å². The lowest BCUT2D eigenvalue weighted by Gasteiger charge is -2.26. The number of nitrogens with zero attached hydrogens (tertiary/aromatic N) is 3. The minimum atomic E-state index is -4.41. The van der Waals surface area contributed by atoms with Gasteiger partial charge in [-0.25, -0.2) is 0 Å². The molecular formula is C12H18F3N5O2. The topological polar surface area (TPSA) is 85.4 Å². The molecule has 2 rings (SSSR count). The Morgan fingerprint density at radius 2 is 2.09 bits per heavy atom. The first kappa shape index (κ1) is 16.6. The van der Waals surface area contributed by atoms with Crippen LogP contribution >= 0.6 is 0 Å². The molecule has 1 amide bonds. The molecule has 1 fully saturated rings. The Labute approximate surface area is 125 Å². The van der Waals surface area contributed by atoms with E-state index in [4.69, 9.17) is 10.5 Å². The molecule has 7 nitrogen and oxygen atoms in total. The molecule has 1 saturated heterocycles. The van der Waals surface area contributed by atoms with Gasteiger partial charge < -0.3 is 15.8 Å². The SMILES string of the molecule is Nc1cn(CC(F)(F)F)nc1C(=O)NCCN1CCOCC1. The maximum atomic E-state index is 12.3. The first-order chi connectivity index (χ1) is 10.3. The fourth-order valence-corrected chi connectivity index (χ4v) is 2.11. The number of hydrogen-bond acceptors (Lipinski definition) is 5. The van der Waals surface area contributed by atoms with Gasteiger partial charge in [-0.15, -0.1) is 0 Å². The molecule has 3 N–H and O–H groups in total. The van der Waals surface area contributed by atoms with Crippen LogP contribution in [0.2, 0.25) is 0 Å². The molecule has 0 bridgehead atoms. The second-order valence-corrected chi connectivity index (χ2v) is 4.96. The van der Waals surface area contributed by atoms with E-state index in [0.717, 1.165) is 19.3 Å². The zero-order valence-electron chi connectivity index (χ0n) is 11.9. The standard InChI is InChI=1S/C12H18F3N5O2/c13-12(14,15)8-20-7-9(16)10(18-20)11(21)17-1-2-19-3-5-22-6-4-19/h7H,1-6,8,16H2,(H,17,21). The normalized spacial score (nSPS) is 16.7. The van der Waals surface area contributed by atoms with E-state index in [1.165, 1.54) is 0 Å². The molecule has 1 aromatic heterocycles. The monoisotopic (exact) mass is 321 g/mol. The molecule has 22 heavy (non-hydrogen) atoms. The van der Waals surface area contributed by atoms with Gasteiger partial charge in [0.25, 0.3) is 5.91 Å². The molecule has 10 heteroatoms. The molecule has 0 aliphatic carbocycles. The molecule has 0 spiro atoms. The van der Waals surface area contributed by atoms with Crippen molar-refractivity contribution in [3.63, 3.8) is 0 Å². The van der Waals surface area contributed by atoms with Crippen LogP contribution in [-0.4, -0.2) is 66.2 Å². The lowest BCUT2D eigenvalue weighted by molar-refractivity contribution is -0.142. The lowest BCUT2D eigenvalue weighted by Crippen LogP contribution is -2.41. The van der Waals surface area contributed by atoms with Crippen LogP contribution in [0.15, 0.2) is 6.20 Å². The second kappa shape index (κ2) is 6.97. The van der Waals surface area contributed by atoms with Gasteiger partial charge in [0.15, 0.2) is 5.69 Å². The van der Waals surface area contributed by atoms with Crippen molar-refractivity contribution in [2.24, 2.45) is 0 Å². The van der Waals surface area contributed by atoms with E-state index in [1.54, 1.807) is 0 Å². The van der Waals surface area contributed by atoms with E-state index in [9.17, 15) is 18.0 Å². The van der Waals surface area contributed by atoms with Crippen LogP contribution in [0, 0.1) is 0 Å². The Morgan fingerprint density at radius 1 is 1.41 bits per heavy atom. The van der Waals surface area contributed by atoms with E-state index in [1.807, 2.05) is 0 Å². The predicted molar refractivity (Wildman–Crippen MR) is 72.3 cm³/mol. The van der Waals surface area contributed by atoms with E-state index in [2.05, 4.69) is 15.3 Å². The number of morpholine rings is 1. The fourth-order valence-electron chi connectivity index (χ4n) is 2.11. The second-order valence-electron chi connectivity index (χ2n) is 4.96. The number of hydrogen-bond donors (Lipinski definition) is 2. The highest BCUT2D eigenvalue weighted by atomic mass is 19.4. The zero-order chi connectivity index (χ0) is 16.2. The van der Waals surface area contributed by atoms with Crippen molar-refractivity contribution >= 4 is 11.6 Å². The minimum absolute atomic E-state index is 0.0758. The van der Waals surface area contributed by atoms with Crippen LogP contribution in [0.5, 0.6) is 0 Å². The Morgan fingerprint density at radius 3 is 2.73 bits per heavy atom. The predicted octanol–water partition coefficient (Wildman–Crippen LogP) is 0.0896. The summed E-state index contributed by atoms with van der Waals surface area (Å²) in [6, 6.07) is 0. The summed E-state index contributed by atoms with van der Waals surface area (Å²) in [4.78, 5) is 14.0. The number of nitrogens with one attached hydrogen (secondary N) is 1. The number of halogens is 3. The van der Waals surface area contributed by atoms with Gasteiger partial charge in [0, 0.05) is 32.4 Å². The fraction of sp³-hybridized carbons (Fsp3) is 0.667. The molecule has 2 heterocycles. The van der Waals surface area contributed by atoms with E-state index >= 15 is 0 Å². The Bertz CT molecular complexity index is 511. The van der Waals surface area contributed by atoms with Crippen molar-refractivity contribution in [1.82, 2.24) is 20.0 Å². The maximum Gasteiger partial charge on any atom is 0.408 e. The van der Waals surface area contributed by atoms with Crippen LogP contribution < -0.4 is 11.1 Å². The largest absolute Gasteiger partial charge is 0.408 e. The average molecular weight is 321 g/mol. The molecule has 1 aliphatic rings. The average Bonchev–Trinajstić information content (AvgIpc) is 2.78.